The van der Waals surface area contributed by atoms with Crippen LogP contribution in [0.1, 0.15) is 49.5 Å². The second-order valence-corrected chi connectivity index (χ2v) is 8.65. The predicted molar refractivity (Wildman–Crippen MR) is 114 cm³/mol. The molecule has 0 aliphatic heterocycles. The number of nitrogens with one attached hydrogen (secondary N) is 2. The van der Waals surface area contributed by atoms with Crippen molar-refractivity contribution in [3.05, 3.63) is 53.7 Å². The number of amides is 1. The van der Waals surface area contributed by atoms with Gasteiger partial charge in [0.15, 0.2) is 5.82 Å². The van der Waals surface area contributed by atoms with Crippen molar-refractivity contribution in [3.8, 4) is 11.1 Å². The summed E-state index contributed by atoms with van der Waals surface area (Å²) in [6, 6.07) is 12.5. The van der Waals surface area contributed by atoms with Crippen molar-refractivity contribution in [1.29, 1.82) is 0 Å². The molecule has 3 aromatic rings. The highest BCUT2D eigenvalue weighted by Gasteiger charge is 2.24. The van der Waals surface area contributed by atoms with Crippen LogP contribution in [0.25, 0.3) is 21.9 Å². The first-order valence-corrected chi connectivity index (χ1v) is 9.76. The first-order valence-electron chi connectivity index (χ1n) is 9.76. The standard InChI is InChI=1S/C23H26N4O/c1-14-5-6-16(22(28)25-18-8-9-18)12-20(14)15-7-10-19-17(11-15)13-24-27-21(19)26-23(2,3)4/h5-7,10-13,18H,8-9H2,1-4H3,(H,25,28)(H,26,27). The molecule has 4 rings (SSSR count). The number of hydrogen-bond acceptors (Lipinski definition) is 4. The number of fused-ring (bicyclic) bond motifs is 1. The van der Waals surface area contributed by atoms with E-state index in [-0.39, 0.29) is 11.4 Å². The minimum absolute atomic E-state index is 0.00655. The van der Waals surface area contributed by atoms with Crippen molar-refractivity contribution in [2.45, 2.75) is 52.1 Å². The van der Waals surface area contributed by atoms with Crippen molar-refractivity contribution >= 4 is 22.5 Å². The Balaban J connectivity index is 1.72. The molecule has 0 radical (unpaired) electrons. The number of benzene rings is 2. The van der Waals surface area contributed by atoms with E-state index in [0.717, 1.165) is 46.1 Å². The van der Waals surface area contributed by atoms with Crippen molar-refractivity contribution < 1.29 is 4.79 Å². The molecule has 0 spiro atoms. The van der Waals surface area contributed by atoms with Crippen LogP contribution < -0.4 is 10.6 Å². The topological polar surface area (TPSA) is 66.9 Å². The molecular weight excluding hydrogens is 348 g/mol. The van der Waals surface area contributed by atoms with Gasteiger partial charge >= 0.3 is 0 Å². The SMILES string of the molecule is Cc1ccc(C(=O)NC2CC2)cc1-c1ccc2c(NC(C)(C)C)nncc2c1. The van der Waals surface area contributed by atoms with E-state index < -0.39 is 0 Å². The van der Waals surface area contributed by atoms with Crippen molar-refractivity contribution in [1.82, 2.24) is 15.5 Å². The lowest BCUT2D eigenvalue weighted by Gasteiger charge is -2.22. The second-order valence-electron chi connectivity index (χ2n) is 8.65. The molecule has 1 saturated carbocycles. The van der Waals surface area contributed by atoms with Crippen molar-refractivity contribution in [2.24, 2.45) is 0 Å². The highest BCUT2D eigenvalue weighted by molar-refractivity contribution is 5.97. The van der Waals surface area contributed by atoms with Gasteiger partial charge in [0.1, 0.15) is 0 Å². The largest absolute Gasteiger partial charge is 0.363 e. The average Bonchev–Trinajstić information content (AvgIpc) is 3.44. The van der Waals surface area contributed by atoms with Gasteiger partial charge in [0.2, 0.25) is 0 Å². The Morgan fingerprint density at radius 1 is 1.11 bits per heavy atom. The zero-order valence-corrected chi connectivity index (χ0v) is 16.8. The Hall–Kier alpha value is -2.95. The summed E-state index contributed by atoms with van der Waals surface area (Å²) in [5.74, 6) is 0.790. The number of nitrogens with zero attached hydrogens (tertiary/aromatic N) is 2. The lowest BCUT2D eigenvalue weighted by molar-refractivity contribution is 0.0951. The molecule has 144 valence electrons. The van der Waals surface area contributed by atoms with Gasteiger partial charge in [0, 0.05) is 27.9 Å². The fourth-order valence-corrected chi connectivity index (χ4v) is 3.27. The van der Waals surface area contributed by atoms with Crippen molar-refractivity contribution in [2.75, 3.05) is 5.32 Å². The monoisotopic (exact) mass is 374 g/mol. The average molecular weight is 374 g/mol. The first-order chi connectivity index (χ1) is 13.3. The molecule has 0 atom stereocenters. The molecule has 2 N–H and O–H groups in total. The van der Waals surface area contributed by atoms with Gasteiger partial charge in [0.25, 0.3) is 5.91 Å². The fourth-order valence-electron chi connectivity index (χ4n) is 3.27. The molecular formula is C23H26N4O. The number of aryl methyl sites for hydroxylation is 1. The highest BCUT2D eigenvalue weighted by atomic mass is 16.1. The molecule has 5 heteroatoms. The summed E-state index contributed by atoms with van der Waals surface area (Å²) in [7, 11) is 0. The molecule has 1 aromatic heterocycles. The van der Waals surface area contributed by atoms with Crippen LogP contribution in [-0.4, -0.2) is 27.7 Å². The zero-order valence-electron chi connectivity index (χ0n) is 16.8. The summed E-state index contributed by atoms with van der Waals surface area (Å²) >= 11 is 0. The number of carbonyl (C=O) groups is 1. The van der Waals surface area contributed by atoms with Gasteiger partial charge < -0.3 is 10.6 Å². The van der Waals surface area contributed by atoms with E-state index in [1.807, 2.05) is 18.2 Å². The molecule has 5 nitrogen and oxygen atoms in total. The van der Waals surface area contributed by atoms with E-state index >= 15 is 0 Å². The summed E-state index contributed by atoms with van der Waals surface area (Å²) in [5.41, 5.74) is 3.88. The third kappa shape index (κ3) is 3.98. The van der Waals surface area contributed by atoms with Gasteiger partial charge in [-0.1, -0.05) is 12.1 Å². The minimum atomic E-state index is -0.0958. The third-order valence-corrected chi connectivity index (χ3v) is 4.88. The lowest BCUT2D eigenvalue weighted by atomic mass is 9.96. The third-order valence-electron chi connectivity index (χ3n) is 4.88. The van der Waals surface area contributed by atoms with E-state index in [9.17, 15) is 4.79 Å². The Labute approximate surface area is 165 Å². The number of carbonyl (C=O) groups excluding carboxylic acids is 1. The molecule has 1 aliphatic rings. The summed E-state index contributed by atoms with van der Waals surface area (Å²) in [6.45, 7) is 8.37. The van der Waals surface area contributed by atoms with Crippen LogP contribution >= 0.6 is 0 Å². The quantitative estimate of drug-likeness (QED) is 0.694. The lowest BCUT2D eigenvalue weighted by Crippen LogP contribution is -2.27. The zero-order chi connectivity index (χ0) is 19.9. The van der Waals surface area contributed by atoms with Crippen LogP contribution in [0.4, 0.5) is 5.82 Å². The molecule has 0 bridgehead atoms. The van der Waals surface area contributed by atoms with E-state index in [0.29, 0.717) is 11.6 Å². The molecule has 1 fully saturated rings. The van der Waals surface area contributed by atoms with Crippen molar-refractivity contribution in [3.63, 3.8) is 0 Å². The normalized spacial score (nSPS) is 14.1. The van der Waals surface area contributed by atoms with Crippen LogP contribution in [0.5, 0.6) is 0 Å². The van der Waals surface area contributed by atoms with Crippen LogP contribution in [0, 0.1) is 6.92 Å². The van der Waals surface area contributed by atoms with Gasteiger partial charge in [-0.25, -0.2) is 0 Å². The number of hydrogen-bond donors (Lipinski definition) is 2. The molecule has 2 aromatic carbocycles. The Morgan fingerprint density at radius 2 is 1.89 bits per heavy atom. The van der Waals surface area contributed by atoms with Crippen LogP contribution in [-0.2, 0) is 0 Å². The van der Waals surface area contributed by atoms with Crippen LogP contribution in [0.2, 0.25) is 0 Å². The smallest absolute Gasteiger partial charge is 0.251 e. The predicted octanol–water partition coefficient (Wildman–Crippen LogP) is 4.71. The maximum absolute atomic E-state index is 12.4. The van der Waals surface area contributed by atoms with Crippen LogP contribution in [0.15, 0.2) is 42.6 Å². The maximum Gasteiger partial charge on any atom is 0.251 e. The number of aromatic nitrogens is 2. The molecule has 1 amide bonds. The van der Waals surface area contributed by atoms with Crippen LogP contribution in [0.3, 0.4) is 0 Å². The Morgan fingerprint density at radius 3 is 2.61 bits per heavy atom. The van der Waals surface area contributed by atoms with Gasteiger partial charge in [-0.2, -0.15) is 5.10 Å². The maximum atomic E-state index is 12.4. The Kier molecular flexibility index (Phi) is 4.53. The van der Waals surface area contributed by atoms with E-state index in [1.165, 1.54) is 0 Å². The highest BCUT2D eigenvalue weighted by Crippen LogP contribution is 2.30. The van der Waals surface area contributed by atoms with Gasteiger partial charge in [-0.3, -0.25) is 4.79 Å². The fraction of sp³-hybridized carbons (Fsp3) is 0.348. The van der Waals surface area contributed by atoms with Gasteiger partial charge in [0.05, 0.1) is 6.20 Å². The molecule has 0 unspecified atom stereocenters. The molecule has 1 heterocycles. The molecule has 28 heavy (non-hydrogen) atoms. The first kappa shape index (κ1) is 18.4. The van der Waals surface area contributed by atoms with Gasteiger partial charge in [-0.05, 0) is 81.5 Å². The van der Waals surface area contributed by atoms with E-state index in [4.69, 9.17) is 0 Å². The molecule has 1 aliphatic carbocycles. The number of anilines is 1. The van der Waals surface area contributed by atoms with Gasteiger partial charge in [-0.15, -0.1) is 5.10 Å². The molecule has 0 saturated heterocycles. The second kappa shape index (κ2) is 6.89. The number of rotatable bonds is 4. The summed E-state index contributed by atoms with van der Waals surface area (Å²) < 4.78 is 0. The van der Waals surface area contributed by atoms with E-state index in [2.05, 4.69) is 66.7 Å². The van der Waals surface area contributed by atoms with E-state index in [1.54, 1.807) is 6.20 Å². The summed E-state index contributed by atoms with van der Waals surface area (Å²) in [5, 5.41) is 17.0. The summed E-state index contributed by atoms with van der Waals surface area (Å²) in [4.78, 5) is 12.4. The minimum Gasteiger partial charge on any atom is -0.363 e. The summed E-state index contributed by atoms with van der Waals surface area (Å²) in [6.07, 6.45) is 3.95. The Bertz CT molecular complexity index is 1050.